The molecule has 2 atom stereocenters. The largest absolute Gasteiger partial charge is 0.368 e. The molecule has 6 heteroatoms. The topological polar surface area (TPSA) is 92.5 Å². The lowest BCUT2D eigenvalue weighted by Crippen LogP contribution is -2.49. The Morgan fingerprint density at radius 3 is 2.52 bits per heavy atom. The van der Waals surface area contributed by atoms with Gasteiger partial charge in [-0.1, -0.05) is 60.2 Å². The first kappa shape index (κ1) is 16.7. The average molecular weight is 337 g/mol. The number of hydrogen-bond donors (Lipinski definition) is 2. The fourth-order valence-electron chi connectivity index (χ4n) is 3.02. The second-order valence-corrected chi connectivity index (χ2v) is 6.11. The van der Waals surface area contributed by atoms with Crippen molar-refractivity contribution in [2.24, 2.45) is 5.73 Å². The van der Waals surface area contributed by atoms with Gasteiger partial charge in [0.1, 0.15) is 12.1 Å². The molecule has 1 unspecified atom stereocenters. The second kappa shape index (κ2) is 6.76. The number of aryl methyl sites for hydroxylation is 1. The standard InChI is InChI=1S/C19H19N3O3/c1-12-6-5-9-14(10-12)16-18(24)22(19(25)21-16)15(17(20)23)11-13-7-3-2-4-8-13/h2-10,15-16H,11H2,1H3,(H2,20,23)(H,21,25)/t15-,16?/m0/s1. The second-order valence-electron chi connectivity index (χ2n) is 6.11. The Balaban J connectivity index is 1.88. The summed E-state index contributed by atoms with van der Waals surface area (Å²) in [6.45, 7) is 1.91. The minimum atomic E-state index is -1.02. The van der Waals surface area contributed by atoms with Crippen LogP contribution in [0, 0.1) is 6.92 Å². The molecule has 2 aromatic rings. The number of nitrogens with two attached hydrogens (primary N) is 1. The molecule has 1 fully saturated rings. The molecule has 1 saturated heterocycles. The van der Waals surface area contributed by atoms with Crippen molar-refractivity contribution in [2.75, 3.05) is 0 Å². The highest BCUT2D eigenvalue weighted by atomic mass is 16.2. The Morgan fingerprint density at radius 2 is 1.88 bits per heavy atom. The van der Waals surface area contributed by atoms with Gasteiger partial charge in [-0.3, -0.25) is 9.59 Å². The number of urea groups is 1. The SMILES string of the molecule is Cc1cccc(C2NC(=O)N([C@@H](Cc3ccccc3)C(N)=O)C2=O)c1. The molecular weight excluding hydrogens is 318 g/mol. The van der Waals surface area contributed by atoms with Gasteiger partial charge >= 0.3 is 6.03 Å². The highest BCUT2D eigenvalue weighted by Crippen LogP contribution is 2.25. The van der Waals surface area contributed by atoms with E-state index in [4.69, 9.17) is 5.73 Å². The van der Waals surface area contributed by atoms with Gasteiger partial charge in [-0.25, -0.2) is 9.69 Å². The molecule has 0 aromatic heterocycles. The number of amides is 4. The smallest absolute Gasteiger partial charge is 0.325 e. The third-order valence-corrected chi connectivity index (χ3v) is 4.26. The van der Waals surface area contributed by atoms with Gasteiger partial charge in [0.2, 0.25) is 5.91 Å². The maximum absolute atomic E-state index is 12.8. The summed E-state index contributed by atoms with van der Waals surface area (Å²) in [5, 5.41) is 2.65. The molecule has 0 bridgehead atoms. The van der Waals surface area contributed by atoms with Crippen molar-refractivity contribution in [3.05, 3.63) is 71.3 Å². The van der Waals surface area contributed by atoms with E-state index in [9.17, 15) is 14.4 Å². The van der Waals surface area contributed by atoms with E-state index in [-0.39, 0.29) is 6.42 Å². The van der Waals surface area contributed by atoms with Crippen molar-refractivity contribution in [3.8, 4) is 0 Å². The molecule has 1 aliphatic heterocycles. The van der Waals surface area contributed by atoms with Gasteiger partial charge in [0.15, 0.2) is 0 Å². The molecule has 128 valence electrons. The van der Waals surface area contributed by atoms with E-state index in [0.29, 0.717) is 5.56 Å². The Labute approximate surface area is 145 Å². The van der Waals surface area contributed by atoms with E-state index in [0.717, 1.165) is 16.0 Å². The summed E-state index contributed by atoms with van der Waals surface area (Å²) in [4.78, 5) is 38.0. The van der Waals surface area contributed by atoms with Crippen molar-refractivity contribution < 1.29 is 14.4 Å². The van der Waals surface area contributed by atoms with Gasteiger partial charge in [0.05, 0.1) is 0 Å². The highest BCUT2D eigenvalue weighted by Gasteiger charge is 2.44. The predicted molar refractivity (Wildman–Crippen MR) is 92.4 cm³/mol. The van der Waals surface area contributed by atoms with Crippen LogP contribution in [0.4, 0.5) is 4.79 Å². The van der Waals surface area contributed by atoms with Crippen molar-refractivity contribution in [1.82, 2.24) is 10.2 Å². The zero-order chi connectivity index (χ0) is 18.0. The molecule has 2 aromatic carbocycles. The van der Waals surface area contributed by atoms with Crippen LogP contribution in [-0.2, 0) is 16.0 Å². The summed E-state index contributed by atoms with van der Waals surface area (Å²) < 4.78 is 0. The van der Waals surface area contributed by atoms with E-state index in [1.165, 1.54) is 0 Å². The summed E-state index contributed by atoms with van der Waals surface area (Å²) in [5.41, 5.74) is 7.97. The number of hydrogen-bond acceptors (Lipinski definition) is 3. The number of imide groups is 1. The van der Waals surface area contributed by atoms with Gasteiger partial charge in [-0.05, 0) is 18.1 Å². The van der Waals surface area contributed by atoms with Gasteiger partial charge in [-0.2, -0.15) is 0 Å². The van der Waals surface area contributed by atoms with Crippen LogP contribution >= 0.6 is 0 Å². The summed E-state index contributed by atoms with van der Waals surface area (Å²) >= 11 is 0. The predicted octanol–water partition coefficient (Wildman–Crippen LogP) is 1.68. The Bertz CT molecular complexity index is 820. The van der Waals surface area contributed by atoms with Gasteiger partial charge < -0.3 is 11.1 Å². The van der Waals surface area contributed by atoms with Crippen molar-refractivity contribution >= 4 is 17.8 Å². The first-order valence-electron chi connectivity index (χ1n) is 8.01. The van der Waals surface area contributed by atoms with Crippen LogP contribution in [0.2, 0.25) is 0 Å². The van der Waals surface area contributed by atoms with Crippen LogP contribution < -0.4 is 11.1 Å². The zero-order valence-electron chi connectivity index (χ0n) is 13.8. The van der Waals surface area contributed by atoms with Crippen LogP contribution in [0.15, 0.2) is 54.6 Å². The minimum absolute atomic E-state index is 0.190. The molecule has 1 heterocycles. The van der Waals surface area contributed by atoms with E-state index in [2.05, 4.69) is 5.32 Å². The zero-order valence-corrected chi connectivity index (χ0v) is 13.8. The third kappa shape index (κ3) is 3.38. The van der Waals surface area contributed by atoms with Crippen LogP contribution in [0.5, 0.6) is 0 Å². The molecule has 0 radical (unpaired) electrons. The molecular formula is C19H19N3O3. The van der Waals surface area contributed by atoms with Crippen molar-refractivity contribution in [2.45, 2.75) is 25.4 Å². The van der Waals surface area contributed by atoms with Crippen LogP contribution in [0.1, 0.15) is 22.7 Å². The molecule has 4 amide bonds. The highest BCUT2D eigenvalue weighted by molar-refractivity contribution is 6.07. The van der Waals surface area contributed by atoms with Crippen LogP contribution in [-0.4, -0.2) is 28.8 Å². The maximum Gasteiger partial charge on any atom is 0.325 e. The molecule has 25 heavy (non-hydrogen) atoms. The Kier molecular flexibility index (Phi) is 4.52. The third-order valence-electron chi connectivity index (χ3n) is 4.26. The summed E-state index contributed by atoms with van der Waals surface area (Å²) in [6, 6.07) is 14.1. The molecule has 3 rings (SSSR count). The lowest BCUT2D eigenvalue weighted by molar-refractivity contribution is -0.134. The molecule has 0 saturated carbocycles. The number of rotatable bonds is 5. The van der Waals surface area contributed by atoms with Gasteiger partial charge in [-0.15, -0.1) is 0 Å². The summed E-state index contributed by atoms with van der Waals surface area (Å²) in [6.07, 6.45) is 0.190. The Morgan fingerprint density at radius 1 is 1.16 bits per heavy atom. The van der Waals surface area contributed by atoms with E-state index >= 15 is 0 Å². The van der Waals surface area contributed by atoms with Crippen molar-refractivity contribution in [1.29, 1.82) is 0 Å². The van der Waals surface area contributed by atoms with Crippen LogP contribution in [0.3, 0.4) is 0 Å². The molecule has 3 N–H and O–H groups in total. The van der Waals surface area contributed by atoms with E-state index in [1.54, 1.807) is 6.07 Å². The molecule has 1 aliphatic rings. The number of nitrogens with zero attached hydrogens (tertiary/aromatic N) is 1. The first-order valence-corrected chi connectivity index (χ1v) is 8.01. The number of benzene rings is 2. The molecule has 6 nitrogen and oxygen atoms in total. The van der Waals surface area contributed by atoms with Gasteiger partial charge in [0, 0.05) is 6.42 Å². The number of carbonyl (C=O) groups excluding carboxylic acids is 3. The average Bonchev–Trinajstić information content (AvgIpc) is 2.88. The number of primary amides is 1. The molecule has 0 spiro atoms. The number of nitrogens with one attached hydrogen (secondary N) is 1. The van der Waals surface area contributed by atoms with Crippen molar-refractivity contribution in [3.63, 3.8) is 0 Å². The van der Waals surface area contributed by atoms with Gasteiger partial charge in [0.25, 0.3) is 5.91 Å². The van der Waals surface area contributed by atoms with E-state index < -0.39 is 29.9 Å². The minimum Gasteiger partial charge on any atom is -0.368 e. The monoisotopic (exact) mass is 337 g/mol. The first-order chi connectivity index (χ1) is 12.0. The fourth-order valence-corrected chi connectivity index (χ4v) is 3.02. The maximum atomic E-state index is 12.8. The van der Waals surface area contributed by atoms with E-state index in [1.807, 2.05) is 55.5 Å². The van der Waals surface area contributed by atoms with Crippen LogP contribution in [0.25, 0.3) is 0 Å². The summed E-state index contributed by atoms with van der Waals surface area (Å²) in [5.74, 6) is -1.17. The lowest BCUT2D eigenvalue weighted by Gasteiger charge is -2.22. The fraction of sp³-hybridized carbons (Fsp3) is 0.211. The summed E-state index contributed by atoms with van der Waals surface area (Å²) in [7, 11) is 0. The normalized spacial score (nSPS) is 18.1. The quantitative estimate of drug-likeness (QED) is 0.813. The molecule has 0 aliphatic carbocycles. The lowest BCUT2D eigenvalue weighted by atomic mass is 10.0. The number of carbonyl (C=O) groups is 3. The Hall–Kier alpha value is -3.15.